The molecule has 0 aliphatic carbocycles. The normalized spacial score (nSPS) is 10.6. The third kappa shape index (κ3) is 3.82. The van der Waals surface area contributed by atoms with Crippen LogP contribution in [-0.2, 0) is 0 Å². The zero-order valence-electron chi connectivity index (χ0n) is 16.0. The number of aromatic nitrogens is 1. The Hall–Kier alpha value is -2.95. The number of pyridine rings is 1. The summed E-state index contributed by atoms with van der Waals surface area (Å²) in [6.45, 7) is 2.24. The summed E-state index contributed by atoms with van der Waals surface area (Å²) in [7, 11) is 3.00. The predicted octanol–water partition coefficient (Wildman–Crippen LogP) is 4.43. The zero-order chi connectivity index (χ0) is 21.1. The van der Waals surface area contributed by atoms with Gasteiger partial charge in [-0.2, -0.15) is 0 Å². The second-order valence-corrected chi connectivity index (χ2v) is 7.16. The highest BCUT2D eigenvalue weighted by Gasteiger charge is 2.26. The van der Waals surface area contributed by atoms with Crippen molar-refractivity contribution in [2.45, 2.75) is 6.92 Å². The molecule has 9 heteroatoms. The van der Waals surface area contributed by atoms with Crippen molar-refractivity contribution in [3.63, 3.8) is 0 Å². The average Bonchev–Trinajstić information content (AvgIpc) is 2.73. The number of ether oxygens (including phenoxy) is 2. The van der Waals surface area contributed by atoms with Crippen LogP contribution in [0.3, 0.4) is 0 Å². The van der Waals surface area contributed by atoms with E-state index in [-0.39, 0.29) is 11.6 Å². The zero-order valence-corrected chi connectivity index (χ0v) is 18.2. The van der Waals surface area contributed by atoms with Gasteiger partial charge in [-0.15, -0.1) is 0 Å². The van der Waals surface area contributed by atoms with Gasteiger partial charge < -0.3 is 14.4 Å². The molecule has 0 spiro atoms. The van der Waals surface area contributed by atoms with Crippen LogP contribution in [0.1, 0.15) is 17.3 Å². The number of nitro groups is 1. The van der Waals surface area contributed by atoms with Crippen LogP contribution in [0.5, 0.6) is 11.5 Å². The molecule has 0 bridgehead atoms. The van der Waals surface area contributed by atoms with Crippen LogP contribution in [0.4, 0.5) is 11.4 Å². The Morgan fingerprint density at radius 1 is 1.21 bits per heavy atom. The van der Waals surface area contributed by atoms with Crippen LogP contribution >= 0.6 is 22.6 Å². The average molecular weight is 507 g/mol. The number of hydrogen-bond acceptors (Lipinski definition) is 6. The number of carbonyl (C=O) groups is 1. The fraction of sp³-hybridized carbons (Fsp3) is 0.200. The van der Waals surface area contributed by atoms with E-state index in [1.807, 2.05) is 6.92 Å². The van der Waals surface area contributed by atoms with E-state index in [1.165, 1.54) is 32.5 Å². The van der Waals surface area contributed by atoms with E-state index in [9.17, 15) is 14.9 Å². The summed E-state index contributed by atoms with van der Waals surface area (Å²) in [5.41, 5.74) is 1.38. The van der Waals surface area contributed by atoms with Gasteiger partial charge in [0.25, 0.3) is 11.6 Å². The van der Waals surface area contributed by atoms with E-state index in [4.69, 9.17) is 9.47 Å². The minimum atomic E-state index is -0.472. The first-order valence-electron chi connectivity index (χ1n) is 8.68. The van der Waals surface area contributed by atoms with Gasteiger partial charge in [0.05, 0.1) is 35.9 Å². The monoisotopic (exact) mass is 507 g/mol. The lowest BCUT2D eigenvalue weighted by Crippen LogP contribution is -2.32. The lowest BCUT2D eigenvalue weighted by Gasteiger charge is -2.24. The molecule has 2 aromatic carbocycles. The number of fused-ring (bicyclic) bond motifs is 1. The molecule has 1 heterocycles. The molecule has 0 saturated carbocycles. The van der Waals surface area contributed by atoms with Gasteiger partial charge >= 0.3 is 0 Å². The first kappa shape index (κ1) is 20.8. The smallest absolute Gasteiger partial charge is 0.271 e. The van der Waals surface area contributed by atoms with Crippen molar-refractivity contribution in [1.82, 2.24) is 4.98 Å². The third-order valence-corrected chi connectivity index (χ3v) is 5.37. The fourth-order valence-electron chi connectivity index (χ4n) is 3.13. The van der Waals surface area contributed by atoms with Crippen molar-refractivity contribution in [3.05, 3.63) is 61.8 Å². The number of non-ortho nitro benzene ring substituents is 1. The molecule has 1 aromatic heterocycles. The first-order valence-corrected chi connectivity index (χ1v) is 9.76. The van der Waals surface area contributed by atoms with Crippen LogP contribution in [0.25, 0.3) is 10.9 Å². The largest absolute Gasteiger partial charge is 0.493 e. The number of anilines is 1. The number of hydrogen-bond donors (Lipinski definition) is 0. The first-order chi connectivity index (χ1) is 13.9. The SMILES string of the molecule is CCN(C(=O)c1c(I)ccc(OC)c1OC)c1ccnc2cc([N+](=O)[O-])ccc12. The summed E-state index contributed by atoms with van der Waals surface area (Å²) in [5, 5.41) is 11.7. The Labute approximate surface area is 180 Å². The number of nitrogens with zero attached hydrogens (tertiary/aromatic N) is 3. The fourth-order valence-corrected chi connectivity index (χ4v) is 3.79. The summed E-state index contributed by atoms with van der Waals surface area (Å²) < 4.78 is 11.5. The number of amides is 1. The summed E-state index contributed by atoms with van der Waals surface area (Å²) in [6, 6.07) is 9.66. The molecule has 3 rings (SSSR count). The van der Waals surface area contributed by atoms with Gasteiger partial charge in [-0.3, -0.25) is 19.9 Å². The molecule has 0 N–H and O–H groups in total. The van der Waals surface area contributed by atoms with Gasteiger partial charge in [0.1, 0.15) is 0 Å². The van der Waals surface area contributed by atoms with Crippen molar-refractivity contribution in [2.24, 2.45) is 0 Å². The molecule has 0 atom stereocenters. The Bertz CT molecular complexity index is 1100. The molecule has 0 saturated heterocycles. The van der Waals surface area contributed by atoms with Gasteiger partial charge in [-0.25, -0.2) is 0 Å². The Morgan fingerprint density at radius 3 is 2.59 bits per heavy atom. The van der Waals surface area contributed by atoms with E-state index >= 15 is 0 Å². The van der Waals surface area contributed by atoms with Crippen LogP contribution in [0.2, 0.25) is 0 Å². The van der Waals surface area contributed by atoms with Crippen LogP contribution in [0.15, 0.2) is 42.6 Å². The quantitative estimate of drug-likeness (QED) is 0.278. The Balaban J connectivity index is 2.16. The van der Waals surface area contributed by atoms with Crippen molar-refractivity contribution in [3.8, 4) is 11.5 Å². The lowest BCUT2D eigenvalue weighted by molar-refractivity contribution is -0.384. The van der Waals surface area contributed by atoms with Gasteiger partial charge in [0.2, 0.25) is 0 Å². The lowest BCUT2D eigenvalue weighted by atomic mass is 10.1. The number of halogens is 1. The van der Waals surface area contributed by atoms with Gasteiger partial charge in [0.15, 0.2) is 11.5 Å². The molecule has 8 nitrogen and oxygen atoms in total. The van der Waals surface area contributed by atoms with Gasteiger partial charge in [-0.1, -0.05) is 0 Å². The Kier molecular flexibility index (Phi) is 6.16. The molecule has 1 amide bonds. The number of carbonyl (C=O) groups excluding carboxylic acids is 1. The van der Waals surface area contributed by atoms with Crippen LogP contribution in [-0.4, -0.2) is 36.6 Å². The van der Waals surface area contributed by atoms with E-state index in [0.29, 0.717) is 40.2 Å². The summed E-state index contributed by atoms with van der Waals surface area (Å²) >= 11 is 2.09. The molecular weight excluding hydrogens is 489 g/mol. The molecule has 0 fully saturated rings. The molecule has 3 aromatic rings. The summed E-state index contributed by atoms with van der Waals surface area (Å²) in [6.07, 6.45) is 1.53. The Morgan fingerprint density at radius 2 is 1.97 bits per heavy atom. The number of methoxy groups -OCH3 is 2. The van der Waals surface area contributed by atoms with Crippen LogP contribution in [0, 0.1) is 13.7 Å². The number of benzene rings is 2. The van der Waals surface area contributed by atoms with E-state index in [1.54, 1.807) is 29.2 Å². The maximum absolute atomic E-state index is 13.5. The summed E-state index contributed by atoms with van der Waals surface area (Å²) in [5.74, 6) is 0.554. The van der Waals surface area contributed by atoms with E-state index in [0.717, 1.165) is 3.57 Å². The molecule has 0 aliphatic rings. The van der Waals surface area contributed by atoms with E-state index in [2.05, 4.69) is 27.6 Å². The minimum absolute atomic E-state index is 0.0551. The van der Waals surface area contributed by atoms with Gasteiger partial charge in [-0.05, 0) is 53.8 Å². The topological polar surface area (TPSA) is 94.8 Å². The van der Waals surface area contributed by atoms with E-state index < -0.39 is 4.92 Å². The molecular formula is C20H18IN3O5. The van der Waals surface area contributed by atoms with Crippen molar-refractivity contribution in [2.75, 3.05) is 25.7 Å². The van der Waals surface area contributed by atoms with Gasteiger partial charge in [0, 0.05) is 33.8 Å². The highest BCUT2D eigenvalue weighted by atomic mass is 127. The second-order valence-electron chi connectivity index (χ2n) is 6.00. The predicted molar refractivity (Wildman–Crippen MR) is 118 cm³/mol. The van der Waals surface area contributed by atoms with Crippen LogP contribution < -0.4 is 14.4 Å². The maximum atomic E-state index is 13.5. The van der Waals surface area contributed by atoms with Crippen molar-refractivity contribution < 1.29 is 19.2 Å². The molecule has 0 radical (unpaired) electrons. The maximum Gasteiger partial charge on any atom is 0.271 e. The highest BCUT2D eigenvalue weighted by molar-refractivity contribution is 14.1. The second kappa shape index (κ2) is 8.60. The molecule has 0 unspecified atom stereocenters. The number of rotatable bonds is 6. The third-order valence-electron chi connectivity index (χ3n) is 4.47. The highest BCUT2D eigenvalue weighted by Crippen LogP contribution is 2.37. The molecule has 0 aliphatic heterocycles. The summed E-state index contributed by atoms with van der Waals surface area (Å²) in [4.78, 5) is 29.9. The van der Waals surface area contributed by atoms with Crippen molar-refractivity contribution >= 4 is 50.8 Å². The minimum Gasteiger partial charge on any atom is -0.493 e. The number of nitro benzene ring substituents is 1. The standard InChI is InChI=1S/C20H18IN3O5/c1-4-23(20(25)18-14(21)7-8-17(28-2)19(18)29-3)16-9-10-22-15-11-12(24(26)27)5-6-13(15)16/h5-11H,4H2,1-3H3. The van der Waals surface area contributed by atoms with Crippen molar-refractivity contribution in [1.29, 1.82) is 0 Å². The molecule has 29 heavy (non-hydrogen) atoms. The molecule has 150 valence electrons.